The lowest BCUT2D eigenvalue weighted by atomic mass is 9.96. The van der Waals surface area contributed by atoms with Gasteiger partial charge in [0.2, 0.25) is 17.7 Å². The van der Waals surface area contributed by atoms with E-state index >= 15 is 0 Å². The SMILES string of the molecule is CCC(C)C(NC(=O)C(CCCN=C(N)N)NC(=O)C(NC(=O)C(N)Cc1cnc[nH]1)C(C)CC)C(=O)O. The van der Waals surface area contributed by atoms with Crippen LogP contribution in [-0.2, 0) is 25.6 Å². The number of carboxylic acids is 1. The molecule has 0 saturated carbocycles. The van der Waals surface area contributed by atoms with Crippen LogP contribution in [0, 0.1) is 11.8 Å². The lowest BCUT2D eigenvalue weighted by Crippen LogP contribution is -2.59. The van der Waals surface area contributed by atoms with Crippen LogP contribution in [0.15, 0.2) is 17.5 Å². The Labute approximate surface area is 223 Å². The zero-order valence-electron chi connectivity index (χ0n) is 22.6. The Morgan fingerprint density at radius 3 is 2.13 bits per heavy atom. The van der Waals surface area contributed by atoms with Gasteiger partial charge in [0.25, 0.3) is 0 Å². The molecular formula is C24H43N9O5. The molecule has 38 heavy (non-hydrogen) atoms. The third-order valence-corrected chi connectivity index (χ3v) is 6.48. The number of nitrogens with two attached hydrogens (primary N) is 3. The fraction of sp³-hybridized carbons (Fsp3) is 0.667. The fourth-order valence-corrected chi connectivity index (χ4v) is 3.66. The zero-order chi connectivity index (χ0) is 28.8. The molecule has 214 valence electrons. The first-order chi connectivity index (χ1) is 17.9. The number of hydrogen-bond donors (Lipinski definition) is 8. The van der Waals surface area contributed by atoms with Crippen LogP contribution in [0.25, 0.3) is 0 Å². The van der Waals surface area contributed by atoms with Crippen molar-refractivity contribution < 1.29 is 24.3 Å². The number of rotatable bonds is 17. The smallest absolute Gasteiger partial charge is 0.326 e. The van der Waals surface area contributed by atoms with Gasteiger partial charge in [-0.1, -0.05) is 40.5 Å². The molecule has 11 N–H and O–H groups in total. The highest BCUT2D eigenvalue weighted by Crippen LogP contribution is 2.12. The van der Waals surface area contributed by atoms with Crippen molar-refractivity contribution in [1.82, 2.24) is 25.9 Å². The molecule has 14 heteroatoms. The molecule has 0 aromatic carbocycles. The first-order valence-electron chi connectivity index (χ1n) is 12.8. The summed E-state index contributed by atoms with van der Waals surface area (Å²) in [7, 11) is 0. The molecule has 0 spiro atoms. The van der Waals surface area contributed by atoms with Crippen molar-refractivity contribution in [1.29, 1.82) is 0 Å². The molecule has 6 unspecified atom stereocenters. The summed E-state index contributed by atoms with van der Waals surface area (Å²) in [6, 6.07) is -4.11. The average molecular weight is 538 g/mol. The maximum absolute atomic E-state index is 13.3. The van der Waals surface area contributed by atoms with E-state index in [-0.39, 0.29) is 37.2 Å². The maximum atomic E-state index is 13.3. The minimum Gasteiger partial charge on any atom is -0.480 e. The van der Waals surface area contributed by atoms with Crippen LogP contribution < -0.4 is 33.2 Å². The summed E-state index contributed by atoms with van der Waals surface area (Å²) >= 11 is 0. The van der Waals surface area contributed by atoms with Crippen LogP contribution in [0.4, 0.5) is 0 Å². The van der Waals surface area contributed by atoms with Gasteiger partial charge in [0.15, 0.2) is 5.96 Å². The maximum Gasteiger partial charge on any atom is 0.326 e. The number of carbonyl (C=O) groups excluding carboxylic acids is 3. The van der Waals surface area contributed by atoms with E-state index in [4.69, 9.17) is 17.2 Å². The van der Waals surface area contributed by atoms with Crippen molar-refractivity contribution in [3.63, 3.8) is 0 Å². The second kappa shape index (κ2) is 16.2. The van der Waals surface area contributed by atoms with Crippen molar-refractivity contribution >= 4 is 29.7 Å². The molecular weight excluding hydrogens is 494 g/mol. The number of aliphatic carboxylic acids is 1. The van der Waals surface area contributed by atoms with Crippen molar-refractivity contribution in [3.05, 3.63) is 18.2 Å². The van der Waals surface area contributed by atoms with Gasteiger partial charge in [-0.2, -0.15) is 0 Å². The monoisotopic (exact) mass is 537 g/mol. The summed E-state index contributed by atoms with van der Waals surface area (Å²) in [6.45, 7) is 7.40. The van der Waals surface area contributed by atoms with E-state index in [0.29, 0.717) is 25.0 Å². The van der Waals surface area contributed by atoms with Gasteiger partial charge in [0.1, 0.15) is 18.1 Å². The van der Waals surface area contributed by atoms with Crippen LogP contribution in [0.3, 0.4) is 0 Å². The molecule has 0 radical (unpaired) electrons. The van der Waals surface area contributed by atoms with E-state index in [1.807, 2.05) is 13.8 Å². The summed E-state index contributed by atoms with van der Waals surface area (Å²) in [6.07, 6.45) is 4.80. The third-order valence-electron chi connectivity index (χ3n) is 6.48. The predicted octanol–water partition coefficient (Wildman–Crippen LogP) is -1.04. The molecule has 0 aliphatic rings. The normalized spacial score (nSPS) is 15.7. The van der Waals surface area contributed by atoms with E-state index in [0.717, 1.165) is 0 Å². The van der Waals surface area contributed by atoms with Crippen molar-refractivity contribution in [2.45, 2.75) is 84.0 Å². The van der Waals surface area contributed by atoms with Crippen LogP contribution in [0.5, 0.6) is 0 Å². The molecule has 1 rings (SSSR count). The molecule has 0 saturated heterocycles. The molecule has 1 heterocycles. The number of hydrogen-bond acceptors (Lipinski definition) is 7. The Morgan fingerprint density at radius 1 is 1.00 bits per heavy atom. The average Bonchev–Trinajstić information content (AvgIpc) is 3.38. The predicted molar refractivity (Wildman–Crippen MR) is 143 cm³/mol. The molecule has 6 atom stereocenters. The number of guanidine groups is 1. The van der Waals surface area contributed by atoms with Gasteiger partial charge in [0, 0.05) is 24.9 Å². The van der Waals surface area contributed by atoms with Crippen LogP contribution in [0.2, 0.25) is 0 Å². The highest BCUT2D eigenvalue weighted by Gasteiger charge is 2.33. The quantitative estimate of drug-likeness (QED) is 0.0686. The highest BCUT2D eigenvalue weighted by molar-refractivity contribution is 5.94. The summed E-state index contributed by atoms with van der Waals surface area (Å²) in [4.78, 5) is 61.7. The first kappa shape index (κ1) is 32.3. The van der Waals surface area contributed by atoms with Crippen molar-refractivity contribution in [2.75, 3.05) is 6.54 Å². The molecule has 14 nitrogen and oxygen atoms in total. The summed E-state index contributed by atoms with van der Waals surface area (Å²) in [5.74, 6) is -3.66. The Balaban J connectivity index is 3.05. The van der Waals surface area contributed by atoms with Gasteiger partial charge in [-0.25, -0.2) is 9.78 Å². The van der Waals surface area contributed by atoms with Gasteiger partial charge in [-0.05, 0) is 24.7 Å². The van der Waals surface area contributed by atoms with E-state index in [2.05, 4.69) is 30.9 Å². The number of aromatic amines is 1. The Hall–Kier alpha value is -3.68. The molecule has 0 fully saturated rings. The minimum atomic E-state index is -1.17. The van der Waals surface area contributed by atoms with Gasteiger partial charge < -0.3 is 43.2 Å². The van der Waals surface area contributed by atoms with Gasteiger partial charge >= 0.3 is 5.97 Å². The molecule has 0 aliphatic heterocycles. The number of nitrogens with one attached hydrogen (secondary N) is 4. The molecule has 1 aromatic heterocycles. The zero-order valence-corrected chi connectivity index (χ0v) is 22.6. The molecule has 0 aliphatic carbocycles. The highest BCUT2D eigenvalue weighted by atomic mass is 16.4. The number of amides is 3. The van der Waals surface area contributed by atoms with Crippen molar-refractivity contribution in [3.8, 4) is 0 Å². The number of aromatic nitrogens is 2. The summed E-state index contributed by atoms with van der Waals surface area (Å²) in [5.41, 5.74) is 17.4. The number of carboxylic acid groups (broad SMARTS) is 1. The van der Waals surface area contributed by atoms with Crippen molar-refractivity contribution in [2.24, 2.45) is 34.0 Å². The Morgan fingerprint density at radius 2 is 1.61 bits per heavy atom. The van der Waals surface area contributed by atoms with E-state index in [1.54, 1.807) is 20.0 Å². The molecule has 3 amide bonds. The Bertz CT molecular complexity index is 934. The lowest BCUT2D eigenvalue weighted by Gasteiger charge is -2.28. The summed E-state index contributed by atoms with van der Waals surface area (Å²) in [5, 5.41) is 17.5. The van der Waals surface area contributed by atoms with Crippen LogP contribution >= 0.6 is 0 Å². The van der Waals surface area contributed by atoms with Crippen LogP contribution in [-0.4, -0.2) is 75.4 Å². The first-order valence-corrected chi connectivity index (χ1v) is 12.8. The molecule has 0 bridgehead atoms. The molecule has 1 aromatic rings. The van der Waals surface area contributed by atoms with E-state index in [9.17, 15) is 24.3 Å². The number of aliphatic imine (C=N–C) groups is 1. The standard InChI is InChI=1S/C24H43N9O5/c1-5-13(3)18(32-20(34)16(25)10-15-11-28-12-30-15)22(36)31-17(8-7-9-29-24(26)27)21(35)33-19(23(37)38)14(4)6-2/h11-14,16-19H,5-10,25H2,1-4H3,(H,28,30)(H,31,36)(H,32,34)(H,33,35)(H,37,38)(H4,26,27,29). The second-order valence-corrected chi connectivity index (χ2v) is 9.48. The largest absolute Gasteiger partial charge is 0.480 e. The number of nitrogens with zero attached hydrogens (tertiary/aromatic N) is 2. The van der Waals surface area contributed by atoms with Gasteiger partial charge in [0.05, 0.1) is 12.4 Å². The topological polar surface area (TPSA) is 244 Å². The van der Waals surface area contributed by atoms with E-state index < -0.39 is 47.9 Å². The fourth-order valence-electron chi connectivity index (χ4n) is 3.66. The lowest BCUT2D eigenvalue weighted by molar-refractivity contribution is -0.144. The van der Waals surface area contributed by atoms with Crippen LogP contribution in [0.1, 0.15) is 59.1 Å². The third kappa shape index (κ3) is 10.7. The van der Waals surface area contributed by atoms with Gasteiger partial charge in [-0.3, -0.25) is 19.4 Å². The Kier molecular flexibility index (Phi) is 13.8. The van der Waals surface area contributed by atoms with Gasteiger partial charge in [-0.15, -0.1) is 0 Å². The number of H-pyrrole nitrogens is 1. The second-order valence-electron chi connectivity index (χ2n) is 9.48. The minimum absolute atomic E-state index is 0.108. The number of imidazole rings is 1. The number of carbonyl (C=O) groups is 4. The summed E-state index contributed by atoms with van der Waals surface area (Å²) < 4.78 is 0. The van der Waals surface area contributed by atoms with E-state index in [1.165, 1.54) is 6.33 Å².